The van der Waals surface area contributed by atoms with Gasteiger partial charge in [-0.25, -0.2) is 0 Å². The van der Waals surface area contributed by atoms with Gasteiger partial charge in [-0.15, -0.1) is 0 Å². The first-order valence-electron chi connectivity index (χ1n) is 12.6. The minimum absolute atomic E-state index is 0.0391. The van der Waals surface area contributed by atoms with E-state index in [4.69, 9.17) is 33.2 Å². The zero-order chi connectivity index (χ0) is 31.2. The fourth-order valence-electron chi connectivity index (χ4n) is 3.68. The largest absolute Gasteiger partial charge is 0.495 e. The molecule has 2 rings (SSSR count). The molecule has 0 bridgehead atoms. The summed E-state index contributed by atoms with van der Waals surface area (Å²) in [5.41, 5.74) is 1.74. The predicted molar refractivity (Wildman–Crippen MR) is 155 cm³/mol. The lowest BCUT2D eigenvalue weighted by atomic mass is 10.2. The zero-order valence-corrected chi connectivity index (χ0v) is 26.0. The maximum absolute atomic E-state index is 12.1. The Morgan fingerprint density at radius 1 is 0.619 bits per heavy atom. The van der Waals surface area contributed by atoms with Crippen LogP contribution >= 0.6 is 15.9 Å². The Kier molecular flexibility index (Phi) is 13.7. The molecule has 42 heavy (non-hydrogen) atoms. The van der Waals surface area contributed by atoms with Crippen molar-refractivity contribution in [1.29, 1.82) is 0 Å². The summed E-state index contributed by atoms with van der Waals surface area (Å²) in [6.45, 7) is 1.03. The lowest BCUT2D eigenvalue weighted by molar-refractivity contribution is -0.141. The molecule has 0 saturated heterocycles. The molecule has 0 saturated carbocycles. The van der Waals surface area contributed by atoms with E-state index in [1.165, 1.54) is 45.3 Å². The van der Waals surface area contributed by atoms with Gasteiger partial charge in [-0.1, -0.05) is 6.07 Å². The fourth-order valence-corrected chi connectivity index (χ4v) is 4.16. The molecule has 13 nitrogen and oxygen atoms in total. The Balaban J connectivity index is 2.31. The maximum atomic E-state index is 12.1. The highest BCUT2D eigenvalue weighted by molar-refractivity contribution is 9.10. The van der Waals surface area contributed by atoms with Gasteiger partial charge < -0.3 is 43.0 Å². The van der Waals surface area contributed by atoms with E-state index < -0.39 is 23.9 Å². The molecule has 0 atom stereocenters. The number of anilines is 2. The van der Waals surface area contributed by atoms with Crippen molar-refractivity contribution in [3.63, 3.8) is 0 Å². The van der Waals surface area contributed by atoms with E-state index >= 15 is 0 Å². The van der Waals surface area contributed by atoms with E-state index in [9.17, 15) is 19.2 Å². The number of hydrogen-bond acceptors (Lipinski definition) is 13. The molecule has 14 heteroatoms. The van der Waals surface area contributed by atoms with E-state index in [1.54, 1.807) is 24.3 Å². The summed E-state index contributed by atoms with van der Waals surface area (Å²) in [5, 5.41) is 0. The van der Waals surface area contributed by atoms with Crippen LogP contribution in [0, 0.1) is 6.92 Å². The Morgan fingerprint density at radius 2 is 1.05 bits per heavy atom. The summed E-state index contributed by atoms with van der Waals surface area (Å²) >= 11 is 3.43. The summed E-state index contributed by atoms with van der Waals surface area (Å²) in [7, 11) is 6.48. The summed E-state index contributed by atoms with van der Waals surface area (Å²) in [6.07, 6.45) is 0. The molecule has 0 fully saturated rings. The lowest BCUT2D eigenvalue weighted by Crippen LogP contribution is -2.36. The van der Waals surface area contributed by atoms with Crippen molar-refractivity contribution in [2.75, 3.05) is 84.7 Å². The van der Waals surface area contributed by atoms with Crippen molar-refractivity contribution in [2.24, 2.45) is 0 Å². The molecule has 2 aromatic carbocycles. The number of carbonyl (C=O) groups is 4. The van der Waals surface area contributed by atoms with Crippen LogP contribution in [0.5, 0.6) is 17.2 Å². The van der Waals surface area contributed by atoms with E-state index in [1.807, 2.05) is 13.0 Å². The van der Waals surface area contributed by atoms with Crippen LogP contribution in [0.25, 0.3) is 0 Å². The first kappa shape index (κ1) is 34.0. The topological polar surface area (TPSA) is 139 Å². The molecule has 0 unspecified atom stereocenters. The summed E-state index contributed by atoms with van der Waals surface area (Å²) < 4.78 is 37.2. The van der Waals surface area contributed by atoms with Crippen LogP contribution in [0.1, 0.15) is 5.56 Å². The number of hydrogen-bond donors (Lipinski definition) is 0. The number of ether oxygens (including phenoxy) is 7. The van der Waals surface area contributed by atoms with Crippen LogP contribution in [-0.2, 0) is 38.1 Å². The van der Waals surface area contributed by atoms with Gasteiger partial charge in [0.25, 0.3) is 0 Å². The average Bonchev–Trinajstić information content (AvgIpc) is 2.98. The van der Waals surface area contributed by atoms with Gasteiger partial charge in [0, 0.05) is 12.1 Å². The second-order valence-electron chi connectivity index (χ2n) is 8.64. The van der Waals surface area contributed by atoms with Gasteiger partial charge >= 0.3 is 23.9 Å². The molecular weight excluding hydrogens is 620 g/mol. The van der Waals surface area contributed by atoms with Gasteiger partial charge in [0.2, 0.25) is 0 Å². The number of aryl methyl sites for hydroxylation is 1. The molecule has 0 aliphatic rings. The maximum Gasteiger partial charge on any atom is 0.325 e. The third kappa shape index (κ3) is 10.0. The summed E-state index contributed by atoms with van der Waals surface area (Å²) in [6, 6.07) is 8.57. The van der Waals surface area contributed by atoms with Gasteiger partial charge in [-0.2, -0.15) is 0 Å². The van der Waals surface area contributed by atoms with Crippen LogP contribution in [-0.4, -0.2) is 98.8 Å². The molecule has 2 aromatic rings. The van der Waals surface area contributed by atoms with E-state index in [0.29, 0.717) is 33.1 Å². The molecular formula is C28H35BrN2O11. The van der Waals surface area contributed by atoms with Crippen molar-refractivity contribution >= 4 is 51.2 Å². The summed E-state index contributed by atoms with van der Waals surface area (Å²) in [4.78, 5) is 51.3. The highest BCUT2D eigenvalue weighted by Crippen LogP contribution is 2.38. The van der Waals surface area contributed by atoms with Crippen molar-refractivity contribution in [3.8, 4) is 17.2 Å². The Labute approximate surface area is 252 Å². The molecule has 0 heterocycles. The third-order valence-electron chi connectivity index (χ3n) is 5.82. The fraction of sp³-hybridized carbons (Fsp3) is 0.429. The number of esters is 4. The molecule has 0 aliphatic carbocycles. The van der Waals surface area contributed by atoms with E-state index in [2.05, 4.69) is 15.9 Å². The molecule has 0 aliphatic heterocycles. The number of nitrogens with zero attached hydrogens (tertiary/aromatic N) is 2. The highest BCUT2D eigenvalue weighted by atomic mass is 79.9. The number of rotatable bonds is 16. The quantitative estimate of drug-likeness (QED) is 0.149. The smallest absolute Gasteiger partial charge is 0.325 e. The van der Waals surface area contributed by atoms with Crippen LogP contribution < -0.4 is 24.0 Å². The monoisotopic (exact) mass is 654 g/mol. The standard InChI is InChI=1S/C28H35BrN2O11/c1-18-7-8-20(30(14-25(32)37-3)15-26(33)38-4)23(11-18)41-9-10-42-24-12-19(29)22(36-2)13-21(24)31(16-27(34)39-5)17-28(35)40-6/h7-8,11-13H,9-10,14-17H2,1-6H3. The van der Waals surface area contributed by atoms with Gasteiger partial charge in [0.05, 0.1) is 51.4 Å². The molecule has 0 spiro atoms. The molecule has 0 amide bonds. The first-order valence-corrected chi connectivity index (χ1v) is 13.4. The van der Waals surface area contributed by atoms with Crippen LogP contribution in [0.2, 0.25) is 0 Å². The number of benzene rings is 2. The second-order valence-corrected chi connectivity index (χ2v) is 9.49. The lowest BCUT2D eigenvalue weighted by Gasteiger charge is -2.26. The van der Waals surface area contributed by atoms with Crippen molar-refractivity contribution in [3.05, 3.63) is 40.4 Å². The normalized spacial score (nSPS) is 10.3. The minimum atomic E-state index is -0.578. The van der Waals surface area contributed by atoms with Crippen LogP contribution in [0.3, 0.4) is 0 Å². The van der Waals surface area contributed by atoms with Crippen LogP contribution in [0.4, 0.5) is 11.4 Å². The Morgan fingerprint density at radius 3 is 1.48 bits per heavy atom. The average molecular weight is 655 g/mol. The molecule has 230 valence electrons. The number of methoxy groups -OCH3 is 5. The number of carbonyl (C=O) groups excluding carboxylic acids is 4. The van der Waals surface area contributed by atoms with E-state index in [-0.39, 0.29) is 39.4 Å². The third-order valence-corrected chi connectivity index (χ3v) is 6.44. The van der Waals surface area contributed by atoms with Gasteiger partial charge in [-0.3, -0.25) is 19.2 Å². The molecule has 0 aromatic heterocycles. The molecule has 0 N–H and O–H groups in total. The highest BCUT2D eigenvalue weighted by Gasteiger charge is 2.23. The van der Waals surface area contributed by atoms with Crippen molar-refractivity contribution < 1.29 is 52.3 Å². The minimum Gasteiger partial charge on any atom is -0.495 e. The summed E-state index contributed by atoms with van der Waals surface area (Å²) in [5.74, 6) is -1.09. The molecule has 0 radical (unpaired) electrons. The van der Waals surface area contributed by atoms with Gasteiger partial charge in [0.1, 0.15) is 56.6 Å². The van der Waals surface area contributed by atoms with Crippen molar-refractivity contribution in [2.45, 2.75) is 6.92 Å². The second kappa shape index (κ2) is 16.9. The van der Waals surface area contributed by atoms with Gasteiger partial charge in [-0.05, 0) is 40.5 Å². The van der Waals surface area contributed by atoms with Crippen molar-refractivity contribution in [1.82, 2.24) is 0 Å². The Bertz CT molecular complexity index is 1220. The first-order chi connectivity index (χ1) is 20.1. The SMILES string of the molecule is COC(=O)CN(CC(=O)OC)c1ccc(C)cc1OCCOc1cc(Br)c(OC)cc1N(CC(=O)OC)CC(=O)OC. The zero-order valence-electron chi connectivity index (χ0n) is 24.4. The Hall–Kier alpha value is -4.20. The van der Waals surface area contributed by atoms with Gasteiger partial charge in [0.15, 0.2) is 0 Å². The predicted octanol–water partition coefficient (Wildman–Crippen LogP) is 2.53. The number of halogens is 1. The van der Waals surface area contributed by atoms with E-state index in [0.717, 1.165) is 5.56 Å². The van der Waals surface area contributed by atoms with Crippen LogP contribution in [0.15, 0.2) is 34.8 Å².